The van der Waals surface area contributed by atoms with Gasteiger partial charge in [0, 0.05) is 16.2 Å². The first-order chi connectivity index (χ1) is 8.99. The van der Waals surface area contributed by atoms with Crippen LogP contribution >= 0.6 is 27.5 Å². The van der Waals surface area contributed by atoms with Crippen molar-refractivity contribution in [1.82, 2.24) is 4.98 Å². The van der Waals surface area contributed by atoms with Crippen LogP contribution in [0.2, 0.25) is 5.02 Å². The number of hydrogen-bond donors (Lipinski definition) is 2. The monoisotopic (exact) mass is 343 g/mol. The Morgan fingerprint density at radius 3 is 2.79 bits per heavy atom. The normalized spacial score (nSPS) is 10.3. The number of rotatable bonds is 3. The van der Waals surface area contributed by atoms with E-state index in [4.69, 9.17) is 27.5 Å². The second-order valence-electron chi connectivity index (χ2n) is 3.57. The number of nitrogens with two attached hydrogens (primary N) is 1. The number of nitrogen functional groups attached to an aromatic ring is 1. The Hall–Kier alpha value is -1.66. The van der Waals surface area contributed by atoms with Crippen LogP contribution in [0.15, 0.2) is 34.9 Å². The molecule has 1 aromatic carbocycles. The molecule has 4 nitrogen and oxygen atoms in total. The molecule has 0 saturated carbocycles. The number of pyridine rings is 1. The van der Waals surface area contributed by atoms with E-state index in [2.05, 4.69) is 20.9 Å². The van der Waals surface area contributed by atoms with E-state index in [0.29, 0.717) is 4.47 Å². The van der Waals surface area contributed by atoms with Crippen LogP contribution in [0.1, 0.15) is 5.56 Å². The van der Waals surface area contributed by atoms with E-state index in [1.807, 2.05) is 0 Å². The van der Waals surface area contributed by atoms with Crippen molar-refractivity contribution in [2.75, 3.05) is 0 Å². The first kappa shape index (κ1) is 13.8. The first-order valence-corrected chi connectivity index (χ1v) is 6.28. The third-order valence-corrected chi connectivity index (χ3v) is 3.11. The number of hydrogen-bond acceptors (Lipinski definition) is 3. The molecule has 1 heterocycles. The number of nitrogens with zero attached hydrogens (tertiary/aromatic N) is 1. The average Bonchev–Trinajstić information content (AvgIpc) is 2.34. The number of halogens is 3. The Labute approximate surface area is 122 Å². The van der Waals surface area contributed by atoms with Crippen LogP contribution in [0.4, 0.5) is 4.39 Å². The average molecular weight is 345 g/mol. The minimum absolute atomic E-state index is 0.00408. The molecule has 0 saturated heterocycles. The van der Waals surface area contributed by atoms with Crippen LogP contribution in [-0.4, -0.2) is 10.8 Å². The van der Waals surface area contributed by atoms with Crippen molar-refractivity contribution in [3.8, 4) is 11.6 Å². The summed E-state index contributed by atoms with van der Waals surface area (Å²) >= 11 is 9.14. The zero-order chi connectivity index (χ0) is 14.0. The van der Waals surface area contributed by atoms with Crippen molar-refractivity contribution in [1.29, 1.82) is 5.41 Å². The molecule has 19 heavy (non-hydrogen) atoms. The van der Waals surface area contributed by atoms with Gasteiger partial charge in [-0.05, 0) is 24.3 Å². The summed E-state index contributed by atoms with van der Waals surface area (Å²) in [4.78, 5) is 3.90. The summed E-state index contributed by atoms with van der Waals surface area (Å²) in [5.74, 6) is -0.789. The van der Waals surface area contributed by atoms with Crippen LogP contribution < -0.4 is 10.5 Å². The molecule has 2 aromatic rings. The highest BCUT2D eigenvalue weighted by Crippen LogP contribution is 2.31. The molecule has 0 radical (unpaired) electrons. The van der Waals surface area contributed by atoms with E-state index in [-0.39, 0.29) is 28.1 Å². The lowest BCUT2D eigenvalue weighted by Crippen LogP contribution is -2.12. The van der Waals surface area contributed by atoms with Gasteiger partial charge in [-0.3, -0.25) is 5.41 Å². The predicted molar refractivity (Wildman–Crippen MR) is 74.4 cm³/mol. The SMILES string of the molecule is N=C(N)c1ccnc(Oc2ccc(Br)cc2F)c1Cl. The summed E-state index contributed by atoms with van der Waals surface area (Å²) in [6.07, 6.45) is 1.38. The fourth-order valence-corrected chi connectivity index (χ4v) is 1.95. The van der Waals surface area contributed by atoms with Crippen LogP contribution in [-0.2, 0) is 0 Å². The third kappa shape index (κ3) is 3.02. The number of ether oxygens (including phenoxy) is 1. The van der Waals surface area contributed by atoms with Gasteiger partial charge in [-0.25, -0.2) is 9.37 Å². The zero-order valence-electron chi connectivity index (χ0n) is 9.45. The third-order valence-electron chi connectivity index (χ3n) is 2.25. The standard InChI is InChI=1S/C12H8BrClFN3O/c13-6-1-2-9(8(15)5-6)19-12-10(14)7(11(16)17)3-4-18-12/h1-5H,(H3,16,17). The molecule has 0 atom stereocenters. The lowest BCUT2D eigenvalue weighted by atomic mass is 10.2. The van der Waals surface area contributed by atoms with Gasteiger partial charge in [-0.15, -0.1) is 0 Å². The fraction of sp³-hybridized carbons (Fsp3) is 0. The maximum absolute atomic E-state index is 13.6. The molecular formula is C12H8BrClFN3O. The van der Waals surface area contributed by atoms with Gasteiger partial charge in [0.25, 0.3) is 0 Å². The van der Waals surface area contributed by atoms with E-state index in [1.165, 1.54) is 24.4 Å². The van der Waals surface area contributed by atoms with Gasteiger partial charge in [-0.2, -0.15) is 0 Å². The number of benzene rings is 1. The molecule has 1 aromatic heterocycles. The lowest BCUT2D eigenvalue weighted by Gasteiger charge is -2.09. The Balaban J connectivity index is 2.38. The number of aromatic nitrogens is 1. The molecule has 98 valence electrons. The Morgan fingerprint density at radius 1 is 1.42 bits per heavy atom. The molecule has 0 unspecified atom stereocenters. The van der Waals surface area contributed by atoms with Gasteiger partial charge in [0.15, 0.2) is 11.6 Å². The summed E-state index contributed by atoms with van der Waals surface area (Å²) in [5, 5.41) is 7.42. The summed E-state index contributed by atoms with van der Waals surface area (Å²) in [5.41, 5.74) is 5.64. The van der Waals surface area contributed by atoms with E-state index in [0.717, 1.165) is 0 Å². The topological polar surface area (TPSA) is 72.0 Å². The molecule has 0 aliphatic carbocycles. The maximum Gasteiger partial charge on any atom is 0.239 e. The molecule has 3 N–H and O–H groups in total. The predicted octanol–water partition coefficient (Wildman–Crippen LogP) is 3.71. The molecule has 0 bridgehead atoms. The summed E-state index contributed by atoms with van der Waals surface area (Å²) < 4.78 is 19.5. The maximum atomic E-state index is 13.6. The molecule has 0 amide bonds. The molecule has 0 spiro atoms. The molecular weight excluding hydrogens is 337 g/mol. The molecule has 2 rings (SSSR count). The minimum atomic E-state index is -0.555. The van der Waals surface area contributed by atoms with Crippen LogP contribution in [0.3, 0.4) is 0 Å². The van der Waals surface area contributed by atoms with Crippen molar-refractivity contribution in [2.45, 2.75) is 0 Å². The van der Waals surface area contributed by atoms with Crippen LogP contribution in [0, 0.1) is 11.2 Å². The van der Waals surface area contributed by atoms with Crippen molar-refractivity contribution in [3.05, 3.63) is 51.3 Å². The van der Waals surface area contributed by atoms with Gasteiger partial charge < -0.3 is 10.5 Å². The van der Waals surface area contributed by atoms with Gasteiger partial charge in [-0.1, -0.05) is 27.5 Å². The van der Waals surface area contributed by atoms with E-state index in [9.17, 15) is 4.39 Å². The molecule has 7 heteroatoms. The molecule has 0 aliphatic rings. The Morgan fingerprint density at radius 2 is 2.16 bits per heavy atom. The summed E-state index contributed by atoms with van der Waals surface area (Å²) in [6, 6.07) is 5.81. The van der Waals surface area contributed by atoms with E-state index in [1.54, 1.807) is 6.07 Å². The van der Waals surface area contributed by atoms with E-state index < -0.39 is 5.82 Å². The summed E-state index contributed by atoms with van der Waals surface area (Å²) in [7, 11) is 0. The number of amidine groups is 1. The smallest absolute Gasteiger partial charge is 0.239 e. The molecule has 0 aliphatic heterocycles. The lowest BCUT2D eigenvalue weighted by molar-refractivity contribution is 0.427. The van der Waals surface area contributed by atoms with Crippen molar-refractivity contribution >= 4 is 33.4 Å². The second-order valence-corrected chi connectivity index (χ2v) is 4.86. The second kappa shape index (κ2) is 5.54. The van der Waals surface area contributed by atoms with Gasteiger partial charge in [0.1, 0.15) is 10.9 Å². The largest absolute Gasteiger partial charge is 0.434 e. The van der Waals surface area contributed by atoms with Crippen molar-refractivity contribution in [2.24, 2.45) is 5.73 Å². The quantitative estimate of drug-likeness (QED) is 0.658. The fourth-order valence-electron chi connectivity index (χ4n) is 1.37. The summed E-state index contributed by atoms with van der Waals surface area (Å²) in [6.45, 7) is 0. The number of nitrogens with one attached hydrogen (secondary N) is 1. The first-order valence-electron chi connectivity index (χ1n) is 5.11. The minimum Gasteiger partial charge on any atom is -0.434 e. The highest BCUT2D eigenvalue weighted by molar-refractivity contribution is 9.10. The van der Waals surface area contributed by atoms with E-state index >= 15 is 0 Å². The van der Waals surface area contributed by atoms with Crippen molar-refractivity contribution in [3.63, 3.8) is 0 Å². The van der Waals surface area contributed by atoms with Gasteiger partial charge in [0.2, 0.25) is 5.88 Å². The van der Waals surface area contributed by atoms with Crippen LogP contribution in [0.5, 0.6) is 11.6 Å². The van der Waals surface area contributed by atoms with Gasteiger partial charge >= 0.3 is 0 Å². The van der Waals surface area contributed by atoms with Crippen LogP contribution in [0.25, 0.3) is 0 Å². The van der Waals surface area contributed by atoms with Crippen molar-refractivity contribution < 1.29 is 9.13 Å². The molecule has 0 fully saturated rings. The Kier molecular flexibility index (Phi) is 4.01. The highest BCUT2D eigenvalue weighted by atomic mass is 79.9. The Bertz CT molecular complexity index is 651. The van der Waals surface area contributed by atoms with Gasteiger partial charge in [0.05, 0.1) is 0 Å². The highest BCUT2D eigenvalue weighted by Gasteiger charge is 2.13. The zero-order valence-corrected chi connectivity index (χ0v) is 11.8.